The third-order valence-corrected chi connectivity index (χ3v) is 2.11. The molecule has 0 heterocycles. The number of hydrogen-bond donors (Lipinski definition) is 2. The summed E-state index contributed by atoms with van der Waals surface area (Å²) in [5.41, 5.74) is 1.98. The molecular formula is C8H9Cl2NO2. The molecule has 1 aromatic rings. The predicted octanol–water partition coefficient (Wildman–Crippen LogP) is 2.35. The van der Waals surface area contributed by atoms with Crippen molar-refractivity contribution in [3.63, 3.8) is 0 Å². The molecule has 1 rings (SSSR count). The van der Waals surface area contributed by atoms with Gasteiger partial charge in [0.05, 0.1) is 16.6 Å². The number of rotatable bonds is 4. The van der Waals surface area contributed by atoms with Crippen LogP contribution in [0.5, 0.6) is 5.75 Å². The number of hydrogen-bond acceptors (Lipinski definition) is 3. The standard InChI is InChI=1S/C8H9Cl2NO2/c9-7-2-1-6(5-8(7)10)13-4-3-11-12/h1-2,5,11-12H,3-4H2. The number of ether oxygens (including phenoxy) is 1. The highest BCUT2D eigenvalue weighted by Crippen LogP contribution is 2.26. The molecule has 2 N–H and O–H groups in total. The Kier molecular flexibility index (Phi) is 4.32. The SMILES string of the molecule is ONCCOc1ccc(Cl)c(Cl)c1. The lowest BCUT2D eigenvalue weighted by Gasteiger charge is -2.05. The van der Waals surface area contributed by atoms with E-state index >= 15 is 0 Å². The molecule has 0 aliphatic rings. The summed E-state index contributed by atoms with van der Waals surface area (Å²) >= 11 is 11.5. The molecule has 0 saturated carbocycles. The molecule has 13 heavy (non-hydrogen) atoms. The average Bonchev–Trinajstić information content (AvgIpc) is 2.12. The maximum atomic E-state index is 8.27. The average molecular weight is 222 g/mol. The largest absolute Gasteiger partial charge is 0.492 e. The van der Waals surface area contributed by atoms with Crippen molar-refractivity contribution in [1.29, 1.82) is 0 Å². The minimum Gasteiger partial charge on any atom is -0.492 e. The van der Waals surface area contributed by atoms with E-state index in [-0.39, 0.29) is 0 Å². The van der Waals surface area contributed by atoms with Gasteiger partial charge in [0.2, 0.25) is 0 Å². The van der Waals surface area contributed by atoms with Crippen LogP contribution in [0.15, 0.2) is 18.2 Å². The van der Waals surface area contributed by atoms with E-state index in [1.807, 2.05) is 5.48 Å². The van der Waals surface area contributed by atoms with Crippen molar-refractivity contribution < 1.29 is 9.94 Å². The minimum atomic E-state index is 0.361. The normalized spacial score (nSPS) is 10.1. The zero-order valence-electron chi connectivity index (χ0n) is 6.76. The van der Waals surface area contributed by atoms with Crippen LogP contribution in [0.1, 0.15) is 0 Å². The molecule has 72 valence electrons. The number of benzene rings is 1. The van der Waals surface area contributed by atoms with Gasteiger partial charge in [0.1, 0.15) is 12.4 Å². The molecule has 0 unspecified atom stereocenters. The maximum Gasteiger partial charge on any atom is 0.120 e. The molecule has 0 atom stereocenters. The molecule has 0 aromatic heterocycles. The van der Waals surface area contributed by atoms with Gasteiger partial charge in [-0.25, -0.2) is 5.48 Å². The van der Waals surface area contributed by atoms with Gasteiger partial charge in [0, 0.05) is 6.07 Å². The van der Waals surface area contributed by atoms with Crippen LogP contribution < -0.4 is 10.2 Å². The van der Waals surface area contributed by atoms with Crippen molar-refractivity contribution in [2.24, 2.45) is 0 Å². The molecule has 0 bridgehead atoms. The second-order valence-electron chi connectivity index (χ2n) is 2.33. The summed E-state index contributed by atoms with van der Waals surface area (Å²) in [7, 11) is 0. The first-order valence-corrected chi connectivity index (χ1v) is 4.44. The third kappa shape index (κ3) is 3.40. The summed E-state index contributed by atoms with van der Waals surface area (Å²) in [5.74, 6) is 0.629. The van der Waals surface area contributed by atoms with Gasteiger partial charge >= 0.3 is 0 Å². The number of hydroxylamine groups is 1. The van der Waals surface area contributed by atoms with E-state index in [0.717, 1.165) is 0 Å². The molecule has 0 fully saturated rings. The topological polar surface area (TPSA) is 41.5 Å². The van der Waals surface area contributed by atoms with Gasteiger partial charge < -0.3 is 9.94 Å². The van der Waals surface area contributed by atoms with Gasteiger partial charge in [-0.15, -0.1) is 0 Å². The Morgan fingerprint density at radius 3 is 2.69 bits per heavy atom. The fraction of sp³-hybridized carbons (Fsp3) is 0.250. The van der Waals surface area contributed by atoms with E-state index in [2.05, 4.69) is 0 Å². The van der Waals surface area contributed by atoms with Crippen LogP contribution in [0.25, 0.3) is 0 Å². The smallest absolute Gasteiger partial charge is 0.120 e. The van der Waals surface area contributed by atoms with Crippen molar-refractivity contribution in [1.82, 2.24) is 5.48 Å². The molecule has 0 spiro atoms. The van der Waals surface area contributed by atoms with E-state index in [1.54, 1.807) is 18.2 Å². The first-order valence-electron chi connectivity index (χ1n) is 3.69. The Morgan fingerprint density at radius 1 is 1.31 bits per heavy atom. The lowest BCUT2D eigenvalue weighted by Crippen LogP contribution is -2.16. The summed E-state index contributed by atoms with van der Waals surface area (Å²) in [6, 6.07) is 5.00. The van der Waals surface area contributed by atoms with Crippen LogP contribution in [0.2, 0.25) is 10.0 Å². The molecule has 0 radical (unpaired) electrons. The van der Waals surface area contributed by atoms with Crippen molar-refractivity contribution in [2.75, 3.05) is 13.2 Å². The Balaban J connectivity index is 2.53. The summed E-state index contributed by atoms with van der Waals surface area (Å²) in [4.78, 5) is 0. The van der Waals surface area contributed by atoms with E-state index in [9.17, 15) is 0 Å². The summed E-state index contributed by atoms with van der Waals surface area (Å²) in [5, 5.41) is 9.22. The second kappa shape index (κ2) is 5.29. The van der Waals surface area contributed by atoms with Crippen LogP contribution in [0, 0.1) is 0 Å². The highest BCUT2D eigenvalue weighted by molar-refractivity contribution is 6.42. The monoisotopic (exact) mass is 221 g/mol. The van der Waals surface area contributed by atoms with Gasteiger partial charge in [-0.3, -0.25) is 0 Å². The lowest BCUT2D eigenvalue weighted by atomic mass is 10.3. The van der Waals surface area contributed by atoms with Crippen LogP contribution >= 0.6 is 23.2 Å². The molecule has 0 amide bonds. The van der Waals surface area contributed by atoms with E-state index < -0.39 is 0 Å². The Hall–Kier alpha value is -0.480. The fourth-order valence-corrected chi connectivity index (χ4v) is 1.07. The first kappa shape index (κ1) is 10.6. The number of nitrogens with one attached hydrogen (secondary N) is 1. The van der Waals surface area contributed by atoms with Crippen LogP contribution in [0.4, 0.5) is 0 Å². The van der Waals surface area contributed by atoms with Gasteiger partial charge in [0.15, 0.2) is 0 Å². The molecular weight excluding hydrogens is 213 g/mol. The molecule has 0 saturated heterocycles. The van der Waals surface area contributed by atoms with E-state index in [0.29, 0.717) is 28.9 Å². The molecule has 0 aliphatic carbocycles. The Labute approximate surface area is 86.2 Å². The Morgan fingerprint density at radius 2 is 2.08 bits per heavy atom. The van der Waals surface area contributed by atoms with Crippen LogP contribution in [0.3, 0.4) is 0 Å². The predicted molar refractivity (Wildman–Crippen MR) is 51.7 cm³/mol. The first-order chi connectivity index (χ1) is 6.24. The van der Waals surface area contributed by atoms with Gasteiger partial charge in [-0.2, -0.15) is 0 Å². The summed E-state index contributed by atoms with van der Waals surface area (Å²) in [6.45, 7) is 0.731. The van der Waals surface area contributed by atoms with Gasteiger partial charge in [-0.05, 0) is 12.1 Å². The molecule has 0 aliphatic heterocycles. The highest BCUT2D eigenvalue weighted by Gasteiger charge is 1.99. The summed E-state index contributed by atoms with van der Waals surface area (Å²) in [6.07, 6.45) is 0. The molecule has 5 heteroatoms. The van der Waals surface area contributed by atoms with Crippen LogP contribution in [-0.4, -0.2) is 18.4 Å². The fourth-order valence-electron chi connectivity index (χ4n) is 0.781. The lowest BCUT2D eigenvalue weighted by molar-refractivity contribution is 0.145. The van der Waals surface area contributed by atoms with Crippen LogP contribution in [-0.2, 0) is 0 Å². The van der Waals surface area contributed by atoms with Gasteiger partial charge in [-0.1, -0.05) is 23.2 Å². The van der Waals surface area contributed by atoms with Crippen molar-refractivity contribution in [3.8, 4) is 5.75 Å². The second-order valence-corrected chi connectivity index (χ2v) is 3.15. The van der Waals surface area contributed by atoms with E-state index in [1.165, 1.54) is 0 Å². The van der Waals surface area contributed by atoms with E-state index in [4.69, 9.17) is 33.1 Å². The minimum absolute atomic E-state index is 0.361. The number of halogens is 2. The Bertz CT molecular complexity index is 281. The van der Waals surface area contributed by atoms with Crippen molar-refractivity contribution >= 4 is 23.2 Å². The quantitative estimate of drug-likeness (QED) is 0.606. The third-order valence-electron chi connectivity index (χ3n) is 1.37. The molecule has 1 aromatic carbocycles. The maximum absolute atomic E-state index is 8.27. The zero-order valence-corrected chi connectivity index (χ0v) is 8.27. The van der Waals surface area contributed by atoms with Crippen molar-refractivity contribution in [2.45, 2.75) is 0 Å². The van der Waals surface area contributed by atoms with Crippen molar-refractivity contribution in [3.05, 3.63) is 28.2 Å². The zero-order chi connectivity index (χ0) is 9.68. The summed E-state index contributed by atoms with van der Waals surface area (Å²) < 4.78 is 5.22. The van der Waals surface area contributed by atoms with Gasteiger partial charge in [0.25, 0.3) is 0 Å². The molecule has 3 nitrogen and oxygen atoms in total. The highest BCUT2D eigenvalue weighted by atomic mass is 35.5.